The first-order valence-corrected chi connectivity index (χ1v) is 11.5. The Kier molecular flexibility index (Phi) is 7.33. The number of aromatic nitrogens is 4. The fraction of sp³-hybridized carbons (Fsp3) is 0.500. The van der Waals surface area contributed by atoms with Crippen LogP contribution in [0.25, 0.3) is 22.8 Å². The molecule has 150 valence electrons. The molecule has 2 heterocycles. The first-order chi connectivity index (χ1) is 13.6. The van der Waals surface area contributed by atoms with Crippen LogP contribution in [-0.4, -0.2) is 17.9 Å². The molecule has 3 aromatic rings. The largest absolute Gasteiger partial charge is 0.278 e. The minimum Gasteiger partial charge on any atom is -0.278 e. The fourth-order valence-corrected chi connectivity index (χ4v) is 4.75. The zero-order valence-electron chi connectivity index (χ0n) is 16.6. The number of nitrogens with one attached hydrogen (secondary N) is 2. The lowest BCUT2D eigenvalue weighted by molar-refractivity contribution is 0.631. The molecule has 0 unspecified atom stereocenters. The molecule has 0 saturated heterocycles. The zero-order valence-corrected chi connectivity index (χ0v) is 18.2. The lowest BCUT2D eigenvalue weighted by Gasteiger charge is -2.09. The Balaban J connectivity index is 1.92. The van der Waals surface area contributed by atoms with Gasteiger partial charge in [-0.3, -0.25) is 18.7 Å². The van der Waals surface area contributed by atoms with Crippen molar-refractivity contribution in [1.82, 2.24) is 17.9 Å². The van der Waals surface area contributed by atoms with E-state index in [1.807, 2.05) is 18.2 Å². The van der Waals surface area contributed by atoms with Crippen molar-refractivity contribution >= 4 is 23.1 Å². The third kappa shape index (κ3) is 5.05. The first-order valence-electron chi connectivity index (χ1n) is 9.98. The van der Waals surface area contributed by atoms with E-state index < -0.39 is 0 Å². The van der Waals surface area contributed by atoms with Gasteiger partial charge < -0.3 is 0 Å². The third-order valence-corrected chi connectivity index (χ3v) is 6.27. The summed E-state index contributed by atoms with van der Waals surface area (Å²) in [5, 5.41) is 16.0. The van der Waals surface area contributed by atoms with Crippen LogP contribution in [0.15, 0.2) is 24.3 Å². The predicted octanol–water partition coefficient (Wildman–Crippen LogP) is 4.88. The average Bonchev–Trinajstić information content (AvgIpc) is 3.25. The summed E-state index contributed by atoms with van der Waals surface area (Å²) in [5.41, 5.74) is 2.01. The summed E-state index contributed by atoms with van der Waals surface area (Å²) >= 11 is 2.81. The molecule has 28 heavy (non-hydrogen) atoms. The number of nitrogens with zero attached hydrogens (tertiary/aromatic N) is 4. The second-order valence-electron chi connectivity index (χ2n) is 6.86. The van der Waals surface area contributed by atoms with Crippen LogP contribution in [-0.2, 0) is 13.1 Å². The van der Waals surface area contributed by atoms with E-state index >= 15 is 0 Å². The van der Waals surface area contributed by atoms with Crippen LogP contribution < -0.4 is 9.60 Å². The smallest absolute Gasteiger partial charge is 0.219 e. The maximum atomic E-state index is 7.98. The highest BCUT2D eigenvalue weighted by Crippen LogP contribution is 2.25. The number of aryl methyl sites for hydroxylation is 2. The molecule has 0 bridgehead atoms. The van der Waals surface area contributed by atoms with Crippen LogP contribution in [0, 0.1) is 10.8 Å². The van der Waals surface area contributed by atoms with Crippen molar-refractivity contribution < 1.29 is 0 Å². The molecule has 0 aliphatic heterocycles. The molecule has 2 aromatic heterocycles. The maximum Gasteiger partial charge on any atom is 0.219 e. The van der Waals surface area contributed by atoms with Gasteiger partial charge in [-0.15, -0.1) is 0 Å². The van der Waals surface area contributed by atoms with Crippen LogP contribution >= 0.6 is 23.1 Å². The van der Waals surface area contributed by atoms with Gasteiger partial charge in [-0.25, -0.2) is 0 Å². The van der Waals surface area contributed by atoms with Gasteiger partial charge in [0, 0.05) is 24.2 Å². The SMILES string of the molecule is CCCCCn1sc(=N)nc1-c1cccc(-c2nc(=N)sn2CCCCC)c1. The van der Waals surface area contributed by atoms with E-state index in [-0.39, 0.29) is 0 Å². The lowest BCUT2D eigenvalue weighted by Crippen LogP contribution is -2.00. The Morgan fingerprint density at radius 1 is 0.786 bits per heavy atom. The van der Waals surface area contributed by atoms with E-state index in [0.717, 1.165) is 48.7 Å². The van der Waals surface area contributed by atoms with E-state index in [4.69, 9.17) is 10.8 Å². The molecule has 0 aliphatic rings. The summed E-state index contributed by atoms with van der Waals surface area (Å²) in [4.78, 5) is 9.62. The van der Waals surface area contributed by atoms with Gasteiger partial charge in [-0.2, -0.15) is 9.97 Å². The van der Waals surface area contributed by atoms with Crippen LogP contribution in [0.2, 0.25) is 0 Å². The monoisotopic (exact) mass is 416 g/mol. The van der Waals surface area contributed by atoms with Crippen LogP contribution in [0.1, 0.15) is 52.4 Å². The molecule has 3 rings (SSSR count). The van der Waals surface area contributed by atoms with Crippen molar-refractivity contribution in [2.24, 2.45) is 0 Å². The van der Waals surface area contributed by atoms with E-state index in [9.17, 15) is 0 Å². The summed E-state index contributed by atoms with van der Waals surface area (Å²) < 4.78 is 4.26. The molecule has 0 atom stereocenters. The minimum atomic E-state index is 0.341. The van der Waals surface area contributed by atoms with E-state index in [1.54, 1.807) is 0 Å². The predicted molar refractivity (Wildman–Crippen MR) is 115 cm³/mol. The molecular weight excluding hydrogens is 388 g/mol. The Morgan fingerprint density at radius 3 is 1.68 bits per heavy atom. The molecule has 0 spiro atoms. The second-order valence-corrected chi connectivity index (χ2v) is 8.88. The highest BCUT2D eigenvalue weighted by atomic mass is 32.1. The molecule has 0 saturated carbocycles. The quantitative estimate of drug-likeness (QED) is 0.462. The molecule has 8 heteroatoms. The zero-order chi connectivity index (χ0) is 19.9. The number of hydrogen-bond acceptors (Lipinski definition) is 6. The Morgan fingerprint density at radius 2 is 1.25 bits per heavy atom. The molecule has 2 N–H and O–H groups in total. The number of unbranched alkanes of at least 4 members (excludes halogenated alkanes) is 4. The van der Waals surface area contributed by atoms with Gasteiger partial charge in [0.05, 0.1) is 0 Å². The molecular formula is C20H28N6S2. The molecule has 0 aliphatic carbocycles. The Bertz CT molecular complexity index is 933. The fourth-order valence-electron chi connectivity index (χ4n) is 3.17. The summed E-state index contributed by atoms with van der Waals surface area (Å²) in [7, 11) is 0. The molecule has 0 amide bonds. The third-order valence-electron chi connectivity index (χ3n) is 4.59. The second kappa shape index (κ2) is 9.93. The first kappa shape index (κ1) is 20.7. The number of rotatable bonds is 10. The number of hydrogen-bond donors (Lipinski definition) is 2. The van der Waals surface area contributed by atoms with Crippen molar-refractivity contribution in [1.29, 1.82) is 10.8 Å². The highest BCUT2D eigenvalue weighted by Gasteiger charge is 2.13. The molecule has 1 aromatic carbocycles. The standard InChI is InChI=1S/C20H28N6S2/c1-3-5-7-12-25-17(23-19(21)27-25)15-10-9-11-16(14-15)18-24-20(22)28-26(18)13-8-6-4-2/h9-11,14,21-22H,3-8,12-13H2,1-2H3. The van der Waals surface area contributed by atoms with Crippen molar-refractivity contribution in [3.05, 3.63) is 33.9 Å². The topological polar surface area (TPSA) is 83.3 Å². The summed E-state index contributed by atoms with van der Waals surface area (Å²) in [6, 6.07) is 8.20. The van der Waals surface area contributed by atoms with Gasteiger partial charge in [0.2, 0.25) is 9.60 Å². The van der Waals surface area contributed by atoms with Crippen molar-refractivity contribution in [2.45, 2.75) is 65.5 Å². The minimum absolute atomic E-state index is 0.341. The van der Waals surface area contributed by atoms with Crippen molar-refractivity contribution in [2.75, 3.05) is 0 Å². The van der Waals surface area contributed by atoms with Gasteiger partial charge in [0.1, 0.15) is 0 Å². The summed E-state index contributed by atoms with van der Waals surface area (Å²) in [6.07, 6.45) is 6.91. The van der Waals surface area contributed by atoms with E-state index in [2.05, 4.69) is 37.8 Å². The van der Waals surface area contributed by atoms with Crippen LogP contribution in [0.4, 0.5) is 0 Å². The normalized spacial score (nSPS) is 11.2. The molecule has 6 nitrogen and oxygen atoms in total. The van der Waals surface area contributed by atoms with Crippen LogP contribution in [0.5, 0.6) is 0 Å². The van der Waals surface area contributed by atoms with Gasteiger partial charge >= 0.3 is 0 Å². The van der Waals surface area contributed by atoms with Crippen LogP contribution in [0.3, 0.4) is 0 Å². The van der Waals surface area contributed by atoms with Gasteiger partial charge in [0.25, 0.3) is 0 Å². The Hall–Kier alpha value is -2.06. The van der Waals surface area contributed by atoms with E-state index in [0.29, 0.717) is 9.60 Å². The van der Waals surface area contributed by atoms with Crippen molar-refractivity contribution in [3.8, 4) is 22.8 Å². The number of benzene rings is 1. The van der Waals surface area contributed by atoms with Gasteiger partial charge in [-0.05, 0) is 42.0 Å². The molecule has 0 radical (unpaired) electrons. The molecule has 0 fully saturated rings. The van der Waals surface area contributed by atoms with Gasteiger partial charge in [-0.1, -0.05) is 57.7 Å². The van der Waals surface area contributed by atoms with E-state index in [1.165, 1.54) is 48.7 Å². The maximum absolute atomic E-state index is 7.98. The van der Waals surface area contributed by atoms with Gasteiger partial charge in [0.15, 0.2) is 11.6 Å². The van der Waals surface area contributed by atoms with Crippen molar-refractivity contribution in [3.63, 3.8) is 0 Å². The summed E-state index contributed by atoms with van der Waals surface area (Å²) in [5.74, 6) is 1.71. The summed E-state index contributed by atoms with van der Waals surface area (Å²) in [6.45, 7) is 6.19. The Labute approximate surface area is 173 Å². The highest BCUT2D eigenvalue weighted by molar-refractivity contribution is 7.03. The lowest BCUT2D eigenvalue weighted by atomic mass is 10.1. The average molecular weight is 417 g/mol.